The first-order chi connectivity index (χ1) is 20.6. The van der Waals surface area contributed by atoms with E-state index in [1.165, 1.54) is 0 Å². The van der Waals surface area contributed by atoms with Gasteiger partial charge >= 0.3 is 0 Å². The number of nitrogens with zero attached hydrogens (tertiary/aromatic N) is 5. The first-order valence-corrected chi connectivity index (χ1v) is 14.1. The normalized spacial score (nSPS) is 17.9. The summed E-state index contributed by atoms with van der Waals surface area (Å²) >= 11 is 12.9. The largest absolute Gasteiger partial charge is 0.346 e. The van der Waals surface area contributed by atoms with Crippen molar-refractivity contribution in [3.8, 4) is 0 Å². The topological polar surface area (TPSA) is 105 Å². The van der Waals surface area contributed by atoms with Crippen molar-refractivity contribution in [3.05, 3.63) is 128 Å². The molecule has 10 heteroatoms. The molecule has 8 bridgehead atoms. The fourth-order valence-corrected chi connectivity index (χ4v) is 6.19. The Morgan fingerprint density at radius 2 is 1.19 bits per heavy atom. The Morgan fingerprint density at radius 3 is 1.98 bits per heavy atom. The minimum absolute atomic E-state index is 0.396. The summed E-state index contributed by atoms with van der Waals surface area (Å²) in [5.74, 6) is 3.10. The Hall–Kier alpha value is -5.05. The maximum absolute atomic E-state index is 6.45. The summed E-state index contributed by atoms with van der Waals surface area (Å²) in [7, 11) is 0. The number of aromatic nitrogens is 2. The van der Waals surface area contributed by atoms with Crippen molar-refractivity contribution in [3.63, 3.8) is 0 Å². The maximum Gasteiger partial charge on any atom is 0.164 e. The molecule has 0 aliphatic carbocycles. The third-order valence-corrected chi connectivity index (χ3v) is 8.25. The fraction of sp³-hybridized carbons (Fsp3) is 0.0312. The van der Waals surface area contributed by atoms with Gasteiger partial charge in [-0.2, -0.15) is 0 Å². The number of nitrogens with one attached hydrogen (secondary N) is 3. The fourth-order valence-electron chi connectivity index (χ4n) is 5.85. The molecular formula is C32H18Cl2N8. The number of anilines is 1. The Kier molecular flexibility index (Phi) is 4.91. The van der Waals surface area contributed by atoms with Crippen LogP contribution in [0.15, 0.2) is 110 Å². The number of fused-ring (bicyclic) bond motifs is 18. The van der Waals surface area contributed by atoms with E-state index in [4.69, 9.17) is 48.2 Å². The van der Waals surface area contributed by atoms with Crippen LogP contribution < -0.4 is 16.3 Å². The number of amidine groups is 3. The van der Waals surface area contributed by atoms with Crippen LogP contribution >= 0.6 is 23.2 Å². The van der Waals surface area contributed by atoms with Crippen molar-refractivity contribution >= 4 is 73.9 Å². The highest BCUT2D eigenvalue weighted by Crippen LogP contribution is 2.38. The molecule has 0 amide bonds. The molecule has 3 N–H and O–H groups in total. The van der Waals surface area contributed by atoms with E-state index >= 15 is 0 Å². The molecule has 0 fully saturated rings. The van der Waals surface area contributed by atoms with E-state index in [1.54, 1.807) is 0 Å². The van der Waals surface area contributed by atoms with E-state index in [-0.39, 0.29) is 0 Å². The summed E-state index contributed by atoms with van der Waals surface area (Å²) in [5, 5.41) is 8.59. The van der Waals surface area contributed by atoms with Gasteiger partial charge in [0.05, 0.1) is 0 Å². The lowest BCUT2D eigenvalue weighted by atomic mass is 10.1. The molecule has 6 aromatic rings. The molecule has 3 aliphatic rings. The van der Waals surface area contributed by atoms with Crippen LogP contribution in [0.1, 0.15) is 28.4 Å². The number of aromatic amines is 2. The Labute approximate surface area is 247 Å². The molecule has 3 aliphatic heterocycles. The van der Waals surface area contributed by atoms with Gasteiger partial charge in [0.2, 0.25) is 0 Å². The molecule has 1 unspecified atom stereocenters. The number of hydrogen-bond acceptors (Lipinski definition) is 6. The summed E-state index contributed by atoms with van der Waals surface area (Å²) in [4.78, 5) is 31.9. The third-order valence-electron chi connectivity index (χ3n) is 7.78. The van der Waals surface area contributed by atoms with Gasteiger partial charge < -0.3 is 15.3 Å². The van der Waals surface area contributed by atoms with Crippen molar-refractivity contribution in [2.75, 3.05) is 5.32 Å². The smallest absolute Gasteiger partial charge is 0.164 e. The van der Waals surface area contributed by atoms with Crippen LogP contribution in [-0.2, 0) is 0 Å². The average molecular weight is 585 g/mol. The predicted octanol–water partition coefficient (Wildman–Crippen LogP) is 6.62. The van der Waals surface area contributed by atoms with Crippen molar-refractivity contribution in [1.29, 1.82) is 0 Å². The average Bonchev–Trinajstić information content (AvgIpc) is 3.72. The summed E-state index contributed by atoms with van der Waals surface area (Å²) < 4.78 is 0. The molecule has 5 heterocycles. The van der Waals surface area contributed by atoms with Gasteiger partial charge in [-0.05, 0) is 30.3 Å². The first-order valence-electron chi connectivity index (χ1n) is 13.4. The molecule has 4 aromatic carbocycles. The van der Waals surface area contributed by atoms with E-state index in [0.29, 0.717) is 44.3 Å². The summed E-state index contributed by atoms with van der Waals surface area (Å²) in [6.07, 6.45) is -0.396. The Bertz CT molecular complexity index is 2380. The van der Waals surface area contributed by atoms with Gasteiger partial charge in [-0.15, -0.1) is 0 Å². The summed E-state index contributed by atoms with van der Waals surface area (Å²) in [5.41, 5.74) is 4.80. The third kappa shape index (κ3) is 3.52. The molecule has 0 saturated carbocycles. The van der Waals surface area contributed by atoms with Crippen molar-refractivity contribution in [2.24, 2.45) is 25.0 Å². The van der Waals surface area contributed by atoms with E-state index in [2.05, 4.69) is 21.4 Å². The van der Waals surface area contributed by atoms with Crippen LogP contribution in [0.2, 0.25) is 10.0 Å². The second-order valence-electron chi connectivity index (χ2n) is 10.3. The highest BCUT2D eigenvalue weighted by Gasteiger charge is 2.28. The lowest BCUT2D eigenvalue weighted by molar-refractivity contribution is 0.854. The van der Waals surface area contributed by atoms with E-state index in [9.17, 15) is 0 Å². The van der Waals surface area contributed by atoms with Crippen LogP contribution in [-0.4, -0.2) is 27.5 Å². The van der Waals surface area contributed by atoms with E-state index in [0.717, 1.165) is 49.6 Å². The maximum atomic E-state index is 6.45. The second-order valence-corrected chi connectivity index (χ2v) is 11.2. The highest BCUT2D eigenvalue weighted by atomic mass is 35.5. The molecular weight excluding hydrogens is 567 g/mol. The SMILES string of the molecule is Clc1ccc2c(c1)C1=NC2Nc2[nH]c(c3ccccc23)/N=C2\N=C(N=c3[nH]c(c4ccccc34)=N1)c1ccc(Cl)cc12. The van der Waals surface area contributed by atoms with Gasteiger partial charge in [-0.3, -0.25) is 0 Å². The number of benzene rings is 4. The minimum Gasteiger partial charge on any atom is -0.346 e. The molecule has 2 aromatic heterocycles. The molecule has 1 atom stereocenters. The van der Waals surface area contributed by atoms with Gasteiger partial charge in [0.1, 0.15) is 28.8 Å². The standard InChI is InChI=1S/C32H18Cl2N8/c33-15-9-11-21-23(13-15)32-40-28-20-8-4-2-6-18(20)26(36-28)38-30-22-12-10-16(34)14-24(22)31(42-30)39-27-19-7-3-1-5-17(19)25(35-27)37-29(21)41-32/h1-14,29,35,37H,(H,36,38,39,40,41,42). The zero-order valence-corrected chi connectivity index (χ0v) is 23.2. The van der Waals surface area contributed by atoms with Crippen molar-refractivity contribution < 1.29 is 0 Å². The van der Waals surface area contributed by atoms with Gasteiger partial charge in [-0.25, -0.2) is 25.0 Å². The first kappa shape index (κ1) is 23.6. The van der Waals surface area contributed by atoms with E-state index in [1.807, 2.05) is 78.9 Å². The van der Waals surface area contributed by atoms with E-state index < -0.39 is 6.17 Å². The lowest BCUT2D eigenvalue weighted by Crippen LogP contribution is -2.15. The van der Waals surface area contributed by atoms with Crippen LogP contribution in [0, 0.1) is 0 Å². The quantitative estimate of drug-likeness (QED) is 0.183. The minimum atomic E-state index is -0.396. The Balaban J connectivity index is 1.39. The summed E-state index contributed by atoms with van der Waals surface area (Å²) in [6, 6.07) is 27.5. The monoisotopic (exact) mass is 584 g/mol. The van der Waals surface area contributed by atoms with Crippen molar-refractivity contribution in [1.82, 2.24) is 9.97 Å². The van der Waals surface area contributed by atoms with Gasteiger partial charge in [0, 0.05) is 53.8 Å². The van der Waals surface area contributed by atoms with Gasteiger partial charge in [-0.1, -0.05) is 77.8 Å². The molecule has 0 saturated heterocycles. The highest BCUT2D eigenvalue weighted by molar-refractivity contribution is 6.32. The molecule has 42 heavy (non-hydrogen) atoms. The van der Waals surface area contributed by atoms with Crippen molar-refractivity contribution in [2.45, 2.75) is 6.17 Å². The number of aliphatic imine (C=N–C) groups is 3. The lowest BCUT2D eigenvalue weighted by Gasteiger charge is -2.12. The van der Waals surface area contributed by atoms with Crippen LogP contribution in [0.4, 0.5) is 11.6 Å². The summed E-state index contributed by atoms with van der Waals surface area (Å²) in [6.45, 7) is 0. The number of rotatable bonds is 0. The zero-order chi connectivity index (χ0) is 27.9. The number of halogens is 2. The predicted molar refractivity (Wildman–Crippen MR) is 167 cm³/mol. The second kappa shape index (κ2) is 8.72. The molecule has 200 valence electrons. The molecule has 8 nitrogen and oxygen atoms in total. The Morgan fingerprint density at radius 1 is 0.548 bits per heavy atom. The van der Waals surface area contributed by atoms with Crippen LogP contribution in [0.3, 0.4) is 0 Å². The molecule has 0 radical (unpaired) electrons. The van der Waals surface area contributed by atoms with Crippen LogP contribution in [0.25, 0.3) is 21.5 Å². The van der Waals surface area contributed by atoms with Gasteiger partial charge in [0.15, 0.2) is 17.5 Å². The molecule has 9 rings (SSSR count). The number of H-pyrrole nitrogens is 2. The van der Waals surface area contributed by atoms with Gasteiger partial charge in [0.25, 0.3) is 0 Å². The van der Waals surface area contributed by atoms with Crippen LogP contribution in [0.5, 0.6) is 0 Å². The molecule has 0 spiro atoms. The number of hydrogen-bond donors (Lipinski definition) is 3. The zero-order valence-electron chi connectivity index (χ0n) is 21.7.